The van der Waals surface area contributed by atoms with Crippen LogP contribution in [0.5, 0.6) is 0 Å². The fraction of sp³-hybridized carbons (Fsp3) is 0.333. The van der Waals surface area contributed by atoms with Crippen molar-refractivity contribution in [3.63, 3.8) is 0 Å². The number of thioether (sulfide) groups is 1. The molecular formula is C15H15NO4S. The fourth-order valence-corrected chi connectivity index (χ4v) is 3.80. The van der Waals surface area contributed by atoms with Crippen molar-refractivity contribution >= 4 is 34.6 Å². The molecule has 3 rings (SSSR count). The number of amides is 1. The fourth-order valence-electron chi connectivity index (χ4n) is 2.64. The molecule has 2 heterocycles. The number of aliphatic carboxylic acids is 1. The average Bonchev–Trinajstić information content (AvgIpc) is 3.00. The second-order valence-corrected chi connectivity index (χ2v) is 6.40. The van der Waals surface area contributed by atoms with E-state index in [1.807, 2.05) is 32.0 Å². The number of hydrogen-bond donors (Lipinski definition) is 1. The molecule has 1 aromatic heterocycles. The Hall–Kier alpha value is -1.95. The SMILES string of the molecule is Cc1c(C(=O)N2C(C)SCC2C(=O)O)oc2ccccc12. The zero-order valence-electron chi connectivity index (χ0n) is 11.7. The van der Waals surface area contributed by atoms with Gasteiger partial charge in [0.05, 0.1) is 5.37 Å². The lowest BCUT2D eigenvalue weighted by molar-refractivity contribution is -0.141. The largest absolute Gasteiger partial charge is 0.480 e. The highest BCUT2D eigenvalue weighted by molar-refractivity contribution is 8.00. The van der Waals surface area contributed by atoms with Gasteiger partial charge in [-0.3, -0.25) is 4.79 Å². The number of fused-ring (bicyclic) bond motifs is 1. The van der Waals surface area contributed by atoms with Gasteiger partial charge >= 0.3 is 5.97 Å². The molecule has 2 aromatic rings. The van der Waals surface area contributed by atoms with E-state index >= 15 is 0 Å². The van der Waals surface area contributed by atoms with Gasteiger partial charge in [0.1, 0.15) is 11.6 Å². The summed E-state index contributed by atoms with van der Waals surface area (Å²) < 4.78 is 5.66. The summed E-state index contributed by atoms with van der Waals surface area (Å²) >= 11 is 1.46. The van der Waals surface area contributed by atoms with Crippen molar-refractivity contribution in [1.29, 1.82) is 0 Å². The van der Waals surface area contributed by atoms with E-state index in [0.29, 0.717) is 11.3 Å². The second kappa shape index (κ2) is 5.11. The Morgan fingerprint density at radius 1 is 1.38 bits per heavy atom. The summed E-state index contributed by atoms with van der Waals surface area (Å²) in [6.07, 6.45) is 0. The molecule has 0 radical (unpaired) electrons. The first-order chi connectivity index (χ1) is 10.0. The highest BCUT2D eigenvalue weighted by Gasteiger charge is 2.41. The van der Waals surface area contributed by atoms with E-state index < -0.39 is 12.0 Å². The summed E-state index contributed by atoms with van der Waals surface area (Å²) in [4.78, 5) is 25.4. The third-order valence-corrected chi connectivity index (χ3v) is 5.00. The zero-order valence-corrected chi connectivity index (χ0v) is 12.5. The number of para-hydroxylation sites is 1. The second-order valence-electron chi connectivity index (χ2n) is 5.05. The molecule has 1 aliphatic rings. The van der Waals surface area contributed by atoms with E-state index in [1.54, 1.807) is 6.07 Å². The van der Waals surface area contributed by atoms with Gasteiger partial charge in [-0.1, -0.05) is 18.2 Å². The lowest BCUT2D eigenvalue weighted by Crippen LogP contribution is -2.44. The Bertz CT molecular complexity index is 724. The monoisotopic (exact) mass is 305 g/mol. The van der Waals surface area contributed by atoms with E-state index in [9.17, 15) is 14.7 Å². The number of hydrogen-bond acceptors (Lipinski definition) is 4. The van der Waals surface area contributed by atoms with Crippen molar-refractivity contribution < 1.29 is 19.1 Å². The van der Waals surface area contributed by atoms with Crippen LogP contribution in [-0.4, -0.2) is 39.1 Å². The molecule has 2 atom stereocenters. The number of carbonyl (C=O) groups excluding carboxylic acids is 1. The highest BCUT2D eigenvalue weighted by atomic mass is 32.2. The van der Waals surface area contributed by atoms with E-state index in [0.717, 1.165) is 10.9 Å². The summed E-state index contributed by atoms with van der Waals surface area (Å²) in [5.74, 6) is -0.694. The molecule has 1 N–H and O–H groups in total. The number of furan rings is 1. The van der Waals surface area contributed by atoms with Gasteiger partial charge in [-0.05, 0) is 19.9 Å². The van der Waals surface area contributed by atoms with Gasteiger partial charge in [0.2, 0.25) is 0 Å². The number of benzene rings is 1. The Balaban J connectivity index is 2.03. The Labute approximate surface area is 125 Å². The molecule has 6 heteroatoms. The molecule has 5 nitrogen and oxygen atoms in total. The van der Waals surface area contributed by atoms with Crippen LogP contribution in [0, 0.1) is 6.92 Å². The van der Waals surface area contributed by atoms with Gasteiger partial charge in [-0.15, -0.1) is 11.8 Å². The van der Waals surface area contributed by atoms with Gasteiger partial charge in [-0.2, -0.15) is 0 Å². The average molecular weight is 305 g/mol. The first kappa shape index (κ1) is 14.0. The van der Waals surface area contributed by atoms with Crippen LogP contribution in [0.25, 0.3) is 11.0 Å². The van der Waals surface area contributed by atoms with Crippen molar-refractivity contribution in [3.05, 3.63) is 35.6 Å². The van der Waals surface area contributed by atoms with E-state index in [2.05, 4.69) is 0 Å². The van der Waals surface area contributed by atoms with Gasteiger partial charge < -0.3 is 14.4 Å². The topological polar surface area (TPSA) is 70.8 Å². The van der Waals surface area contributed by atoms with Crippen LogP contribution in [-0.2, 0) is 4.79 Å². The molecule has 1 aromatic carbocycles. The maximum absolute atomic E-state index is 12.7. The van der Waals surface area contributed by atoms with Crippen LogP contribution in [0.4, 0.5) is 0 Å². The summed E-state index contributed by atoms with van der Waals surface area (Å²) in [6.45, 7) is 3.66. The lowest BCUT2D eigenvalue weighted by atomic mass is 10.1. The summed E-state index contributed by atoms with van der Waals surface area (Å²) in [7, 11) is 0. The molecule has 2 unspecified atom stereocenters. The molecule has 1 amide bonds. The summed E-state index contributed by atoms with van der Waals surface area (Å²) in [5.41, 5.74) is 1.40. The Morgan fingerprint density at radius 2 is 2.10 bits per heavy atom. The molecule has 0 saturated carbocycles. The summed E-state index contributed by atoms with van der Waals surface area (Å²) in [5, 5.41) is 9.98. The first-order valence-electron chi connectivity index (χ1n) is 6.66. The highest BCUT2D eigenvalue weighted by Crippen LogP contribution is 2.33. The van der Waals surface area contributed by atoms with Crippen LogP contribution < -0.4 is 0 Å². The normalized spacial score (nSPS) is 21.9. The smallest absolute Gasteiger partial charge is 0.327 e. The minimum atomic E-state index is -0.978. The molecule has 1 fully saturated rings. The van der Waals surface area contributed by atoms with Crippen LogP contribution in [0.1, 0.15) is 23.0 Å². The molecular weight excluding hydrogens is 290 g/mol. The number of carboxylic acids is 1. The molecule has 0 spiro atoms. The molecule has 1 saturated heterocycles. The molecule has 0 aliphatic carbocycles. The van der Waals surface area contributed by atoms with Gasteiger partial charge in [-0.25, -0.2) is 4.79 Å². The third kappa shape index (κ3) is 2.19. The van der Waals surface area contributed by atoms with Gasteiger partial charge in [0.25, 0.3) is 5.91 Å². The van der Waals surface area contributed by atoms with E-state index in [1.165, 1.54) is 16.7 Å². The van der Waals surface area contributed by atoms with Gasteiger partial charge in [0.15, 0.2) is 5.76 Å². The maximum Gasteiger partial charge on any atom is 0.327 e. The van der Waals surface area contributed by atoms with Crippen LogP contribution in [0.15, 0.2) is 28.7 Å². The number of aryl methyl sites for hydroxylation is 1. The van der Waals surface area contributed by atoms with Gasteiger partial charge in [0, 0.05) is 16.7 Å². The lowest BCUT2D eigenvalue weighted by Gasteiger charge is -2.24. The number of nitrogens with zero attached hydrogens (tertiary/aromatic N) is 1. The van der Waals surface area contributed by atoms with Crippen molar-refractivity contribution in [2.75, 3.05) is 5.75 Å². The third-order valence-electron chi connectivity index (χ3n) is 3.78. The predicted octanol–water partition coefficient (Wildman–Crippen LogP) is 2.73. The van der Waals surface area contributed by atoms with Crippen molar-refractivity contribution in [2.45, 2.75) is 25.3 Å². The summed E-state index contributed by atoms with van der Waals surface area (Å²) in [6, 6.07) is 6.61. The van der Waals surface area contributed by atoms with Crippen LogP contribution in [0.2, 0.25) is 0 Å². The number of carboxylic acid groups (broad SMARTS) is 1. The molecule has 0 bridgehead atoms. The molecule has 21 heavy (non-hydrogen) atoms. The predicted molar refractivity (Wildman–Crippen MR) is 80.5 cm³/mol. The minimum Gasteiger partial charge on any atom is -0.480 e. The van der Waals surface area contributed by atoms with Crippen molar-refractivity contribution in [2.24, 2.45) is 0 Å². The minimum absolute atomic E-state index is 0.175. The molecule has 110 valence electrons. The van der Waals surface area contributed by atoms with Crippen molar-refractivity contribution in [1.82, 2.24) is 4.90 Å². The molecule has 1 aliphatic heterocycles. The van der Waals surface area contributed by atoms with Crippen molar-refractivity contribution in [3.8, 4) is 0 Å². The first-order valence-corrected chi connectivity index (χ1v) is 7.70. The zero-order chi connectivity index (χ0) is 15.1. The number of carbonyl (C=O) groups is 2. The Kier molecular flexibility index (Phi) is 3.41. The Morgan fingerprint density at radius 3 is 2.76 bits per heavy atom. The van der Waals surface area contributed by atoms with Crippen LogP contribution >= 0.6 is 11.8 Å². The van der Waals surface area contributed by atoms with E-state index in [-0.39, 0.29) is 17.0 Å². The van der Waals surface area contributed by atoms with Crippen LogP contribution in [0.3, 0.4) is 0 Å². The standard InChI is InChI=1S/C15H15NO4S/c1-8-10-5-3-4-6-12(10)20-13(8)14(17)16-9(2)21-7-11(16)15(18)19/h3-6,9,11H,7H2,1-2H3,(H,18,19). The quantitative estimate of drug-likeness (QED) is 0.923. The number of rotatable bonds is 2. The maximum atomic E-state index is 12.7. The van der Waals surface area contributed by atoms with E-state index in [4.69, 9.17) is 4.42 Å².